The van der Waals surface area contributed by atoms with Gasteiger partial charge in [-0.2, -0.15) is 5.26 Å². The summed E-state index contributed by atoms with van der Waals surface area (Å²) in [6.07, 6.45) is 7.94. The number of nitrogens with one attached hydrogen (secondary N) is 3. The topological polar surface area (TPSA) is 165 Å². The van der Waals surface area contributed by atoms with Gasteiger partial charge in [0.05, 0.1) is 29.5 Å². The van der Waals surface area contributed by atoms with Crippen molar-refractivity contribution in [2.75, 3.05) is 56.4 Å². The average molecular weight is 868 g/mol. The normalized spacial score (nSPS) is 20.7. The molecule has 3 amide bonds. The summed E-state index contributed by atoms with van der Waals surface area (Å²) in [4.78, 5) is 59.8. The number of anilines is 2. The molecule has 0 bridgehead atoms. The smallest absolute Gasteiger partial charge is 0.261 e. The van der Waals surface area contributed by atoms with E-state index in [2.05, 4.69) is 25.2 Å². The van der Waals surface area contributed by atoms with E-state index >= 15 is 8.78 Å². The number of imide groups is 1. The van der Waals surface area contributed by atoms with Gasteiger partial charge in [0.1, 0.15) is 29.2 Å². The van der Waals surface area contributed by atoms with Crippen LogP contribution < -0.4 is 25.7 Å². The third kappa shape index (κ3) is 9.28. The van der Waals surface area contributed by atoms with E-state index in [1.54, 1.807) is 41.2 Å². The molecule has 4 heterocycles. The Labute approximate surface area is 363 Å². The molecule has 62 heavy (non-hydrogen) atoms. The SMILES string of the molecule is CCN(C)SNc1ccc(F)c(Oc2ccc3ncn(C4CCC5(CCN(C(=O)CN6CCC(c7ccc(NC8CCC(=O)NC8=O)cc7F)CC6)CC5)C4)c(=O)c3c2)c1C#N. The van der Waals surface area contributed by atoms with Crippen molar-refractivity contribution < 1.29 is 27.9 Å². The molecule has 326 valence electrons. The van der Waals surface area contributed by atoms with Crippen LogP contribution in [-0.4, -0.2) is 93.7 Å². The van der Waals surface area contributed by atoms with Crippen molar-refractivity contribution in [3.8, 4) is 17.6 Å². The maximum absolute atomic E-state index is 15.3. The van der Waals surface area contributed by atoms with Crippen LogP contribution in [-0.2, 0) is 14.4 Å². The van der Waals surface area contributed by atoms with Crippen LogP contribution in [0.15, 0.2) is 59.7 Å². The van der Waals surface area contributed by atoms with E-state index in [9.17, 15) is 24.4 Å². The Bertz CT molecular complexity index is 2460. The number of amides is 3. The summed E-state index contributed by atoms with van der Waals surface area (Å²) in [5.41, 5.74) is 1.84. The number of hydrogen-bond acceptors (Lipinski definition) is 12. The first-order valence-electron chi connectivity index (χ1n) is 21.4. The molecule has 8 rings (SSSR count). The van der Waals surface area contributed by atoms with Crippen LogP contribution in [0.5, 0.6) is 11.5 Å². The molecule has 1 spiro atoms. The van der Waals surface area contributed by atoms with E-state index in [0.29, 0.717) is 67.0 Å². The van der Waals surface area contributed by atoms with Gasteiger partial charge in [0, 0.05) is 49.9 Å². The summed E-state index contributed by atoms with van der Waals surface area (Å²) in [6.45, 7) is 5.75. The number of carbonyl (C=O) groups is 3. The lowest BCUT2D eigenvalue weighted by Crippen LogP contribution is -2.47. The Kier molecular flexibility index (Phi) is 12.8. The fourth-order valence-corrected chi connectivity index (χ4v) is 9.93. The molecule has 3 saturated heterocycles. The summed E-state index contributed by atoms with van der Waals surface area (Å²) in [7, 11) is 1.88. The predicted molar refractivity (Wildman–Crippen MR) is 232 cm³/mol. The van der Waals surface area contributed by atoms with Crippen LogP contribution in [0.4, 0.5) is 20.2 Å². The Morgan fingerprint density at radius 1 is 1.02 bits per heavy atom. The highest BCUT2D eigenvalue weighted by Crippen LogP contribution is 2.50. The van der Waals surface area contributed by atoms with Gasteiger partial charge in [0.25, 0.3) is 5.56 Å². The Morgan fingerprint density at radius 3 is 2.53 bits per heavy atom. The van der Waals surface area contributed by atoms with E-state index in [0.717, 1.165) is 51.5 Å². The molecule has 1 saturated carbocycles. The largest absolute Gasteiger partial charge is 0.453 e. The van der Waals surface area contributed by atoms with Crippen LogP contribution >= 0.6 is 12.1 Å². The maximum Gasteiger partial charge on any atom is 0.261 e. The molecular weight excluding hydrogens is 817 g/mol. The van der Waals surface area contributed by atoms with Gasteiger partial charge >= 0.3 is 0 Å². The van der Waals surface area contributed by atoms with Crippen LogP contribution in [0.2, 0.25) is 0 Å². The average Bonchev–Trinajstić information content (AvgIpc) is 3.68. The molecule has 1 aliphatic carbocycles. The first-order chi connectivity index (χ1) is 29.9. The predicted octanol–water partition coefficient (Wildman–Crippen LogP) is 6.70. The highest BCUT2D eigenvalue weighted by molar-refractivity contribution is 7.98. The summed E-state index contributed by atoms with van der Waals surface area (Å²) in [5, 5.41) is 15.6. The summed E-state index contributed by atoms with van der Waals surface area (Å²) < 4.78 is 43.0. The number of hydrogen-bond donors (Lipinski definition) is 3. The third-order valence-corrected chi connectivity index (χ3v) is 14.0. The number of piperidine rings is 3. The van der Waals surface area contributed by atoms with Crippen molar-refractivity contribution in [2.24, 2.45) is 5.41 Å². The number of halogens is 2. The van der Waals surface area contributed by atoms with E-state index in [-0.39, 0.29) is 64.0 Å². The molecule has 1 aromatic heterocycles. The van der Waals surface area contributed by atoms with Crippen LogP contribution in [0.3, 0.4) is 0 Å². The number of carbonyl (C=O) groups excluding carboxylic acids is 3. The van der Waals surface area contributed by atoms with Crippen LogP contribution in [0, 0.1) is 28.4 Å². The number of rotatable bonds is 12. The van der Waals surface area contributed by atoms with Gasteiger partial charge in [0.2, 0.25) is 17.7 Å². The van der Waals surface area contributed by atoms with Crippen molar-refractivity contribution in [3.05, 3.63) is 88.0 Å². The zero-order valence-corrected chi connectivity index (χ0v) is 35.7. The van der Waals surface area contributed by atoms with Gasteiger partial charge in [-0.25, -0.2) is 18.1 Å². The minimum absolute atomic E-state index is 0.0104. The number of ether oxygens (including phenoxy) is 1. The van der Waals surface area contributed by atoms with Crippen molar-refractivity contribution in [3.63, 3.8) is 0 Å². The van der Waals surface area contributed by atoms with Gasteiger partial charge in [-0.15, -0.1) is 0 Å². The first-order valence-corrected chi connectivity index (χ1v) is 22.1. The number of fused-ring (bicyclic) bond motifs is 1. The molecule has 4 fully saturated rings. The molecule has 0 radical (unpaired) electrons. The third-order valence-electron chi connectivity index (χ3n) is 13.2. The monoisotopic (exact) mass is 867 g/mol. The fraction of sp³-hybridized carbons (Fsp3) is 0.467. The number of nitrogens with zero attached hydrogens (tertiary/aromatic N) is 6. The second kappa shape index (κ2) is 18.4. The second-order valence-corrected chi connectivity index (χ2v) is 18.0. The molecule has 3 aliphatic heterocycles. The van der Waals surface area contributed by atoms with Gasteiger partial charge in [0.15, 0.2) is 11.6 Å². The minimum atomic E-state index is -0.699. The maximum atomic E-state index is 15.3. The molecule has 2 atom stereocenters. The molecule has 2 unspecified atom stereocenters. The van der Waals surface area contributed by atoms with Gasteiger partial charge in [-0.05, 0) is 131 Å². The number of aromatic nitrogens is 2. The fourth-order valence-electron chi connectivity index (χ4n) is 9.37. The Balaban J connectivity index is 0.836. The molecule has 4 aliphatic rings. The first kappa shape index (κ1) is 43.1. The number of benzene rings is 3. The van der Waals surface area contributed by atoms with Crippen molar-refractivity contribution in [1.82, 2.24) is 29.0 Å². The zero-order chi connectivity index (χ0) is 43.5. The highest BCUT2D eigenvalue weighted by Gasteiger charge is 2.43. The van der Waals surface area contributed by atoms with Crippen molar-refractivity contribution in [1.29, 1.82) is 5.26 Å². The molecule has 3 N–H and O–H groups in total. The summed E-state index contributed by atoms with van der Waals surface area (Å²) in [5.74, 6) is -1.62. The van der Waals surface area contributed by atoms with E-state index in [1.807, 2.05) is 29.2 Å². The van der Waals surface area contributed by atoms with E-state index < -0.39 is 17.8 Å². The van der Waals surface area contributed by atoms with Crippen LogP contribution in [0.25, 0.3) is 10.9 Å². The van der Waals surface area contributed by atoms with Crippen molar-refractivity contribution >= 4 is 52.1 Å². The molecule has 17 heteroatoms. The Hall–Kier alpha value is -5.57. The zero-order valence-electron chi connectivity index (χ0n) is 34.9. The summed E-state index contributed by atoms with van der Waals surface area (Å²) >= 11 is 1.28. The van der Waals surface area contributed by atoms with Gasteiger partial charge in [-0.1, -0.05) is 13.0 Å². The second-order valence-electron chi connectivity index (χ2n) is 17.0. The highest BCUT2D eigenvalue weighted by atomic mass is 32.2. The van der Waals surface area contributed by atoms with Gasteiger partial charge < -0.3 is 19.7 Å². The lowest BCUT2D eigenvalue weighted by molar-refractivity contribution is -0.135. The molecule has 14 nitrogen and oxygen atoms in total. The number of likely N-dealkylation sites (tertiary alicyclic amines) is 2. The standard InChI is InChI=1S/C45H51F2N9O5S/c1-3-53(2)62-52-38-9-7-35(46)42(34(38)25-48)61-31-5-8-37-33(23-31)44(60)56(27-49-37)30-12-15-45(24-30)16-20-55(21-17-45)41(58)26-54-18-13-28(14-19-54)32-6-4-29(22-36(32)47)50-39-10-11-40(57)51-43(39)59/h4-9,22-23,27-28,30,39,50,52H,3,10-21,24,26H2,1-2H3,(H,51,57,59). The molecular formula is C45H51F2N9O5S. The minimum Gasteiger partial charge on any atom is -0.453 e. The lowest BCUT2D eigenvalue weighted by atomic mass is 9.77. The van der Waals surface area contributed by atoms with Crippen molar-refractivity contribution in [2.45, 2.75) is 82.7 Å². The Morgan fingerprint density at radius 2 is 1.81 bits per heavy atom. The van der Waals surface area contributed by atoms with Crippen LogP contribution in [0.1, 0.15) is 87.8 Å². The van der Waals surface area contributed by atoms with E-state index in [1.165, 1.54) is 30.3 Å². The molecule has 3 aromatic carbocycles. The lowest BCUT2D eigenvalue weighted by Gasteiger charge is -2.40. The quantitative estimate of drug-likeness (QED) is 0.102. The van der Waals surface area contributed by atoms with Gasteiger partial charge in [-0.3, -0.25) is 34.0 Å². The summed E-state index contributed by atoms with van der Waals surface area (Å²) in [6, 6.07) is 13.9. The number of nitriles is 1. The molecule has 4 aromatic rings. The van der Waals surface area contributed by atoms with E-state index in [4.69, 9.17) is 4.74 Å².